The molecule has 1 aromatic heterocycles. The first kappa shape index (κ1) is 25.9. The third kappa shape index (κ3) is 5.78. The van der Waals surface area contributed by atoms with Crippen molar-refractivity contribution in [3.05, 3.63) is 93.7 Å². The van der Waals surface area contributed by atoms with E-state index in [1.54, 1.807) is 31.4 Å². The van der Waals surface area contributed by atoms with Crippen LogP contribution >= 0.6 is 0 Å². The van der Waals surface area contributed by atoms with Gasteiger partial charge in [0.2, 0.25) is 11.2 Å². The maximum absolute atomic E-state index is 13.7. The highest BCUT2D eigenvalue weighted by atomic mass is 16.7. The van der Waals surface area contributed by atoms with E-state index in [-0.39, 0.29) is 41.6 Å². The molecule has 0 unspecified atom stereocenters. The molecule has 0 aliphatic carbocycles. The Bertz CT molecular complexity index is 1450. The van der Waals surface area contributed by atoms with Gasteiger partial charge in [-0.05, 0) is 50.1 Å². The van der Waals surface area contributed by atoms with Crippen LogP contribution in [0, 0.1) is 0 Å². The summed E-state index contributed by atoms with van der Waals surface area (Å²) in [6, 6.07) is 18.2. The van der Waals surface area contributed by atoms with Crippen LogP contribution in [0.15, 0.2) is 81.5 Å². The van der Waals surface area contributed by atoms with Gasteiger partial charge in [0, 0.05) is 24.3 Å². The molecular weight excluding hydrogens is 472 g/mol. The smallest absolute Gasteiger partial charge is 0.239 e. The number of ether oxygens (including phenoxy) is 4. The number of fused-ring (bicyclic) bond motifs is 1. The standard InChI is InChI=1S/C30H30O7/c1-19(2)10-15-23-25(35-17-20-8-6-5-7-9-20)16-24(31)26-27(32)30(36-18-33-3)28(37-29(23)26)21-11-13-22(34-4)14-12-21/h5-14,16,31H,15,17-18H2,1-4H3. The van der Waals surface area contributed by atoms with Crippen LogP contribution in [-0.2, 0) is 17.8 Å². The van der Waals surface area contributed by atoms with E-state index in [0.29, 0.717) is 29.0 Å². The van der Waals surface area contributed by atoms with E-state index in [1.165, 1.54) is 13.2 Å². The van der Waals surface area contributed by atoms with Gasteiger partial charge in [0.05, 0.1) is 7.11 Å². The van der Waals surface area contributed by atoms with Gasteiger partial charge in [0.1, 0.15) is 34.8 Å². The quantitative estimate of drug-likeness (QED) is 0.203. The SMILES string of the molecule is COCOc1c(-c2ccc(OC)cc2)oc2c(CC=C(C)C)c(OCc3ccccc3)cc(O)c2c1=O. The van der Waals surface area contributed by atoms with E-state index in [9.17, 15) is 9.90 Å². The van der Waals surface area contributed by atoms with Crippen LogP contribution in [0.1, 0.15) is 25.0 Å². The lowest BCUT2D eigenvalue weighted by molar-refractivity contribution is 0.0497. The Labute approximate surface area is 215 Å². The lowest BCUT2D eigenvalue weighted by atomic mass is 10.0. The fraction of sp³-hybridized carbons (Fsp3) is 0.233. The van der Waals surface area contributed by atoms with Gasteiger partial charge in [-0.25, -0.2) is 0 Å². The predicted molar refractivity (Wildman–Crippen MR) is 143 cm³/mol. The molecule has 0 aliphatic heterocycles. The summed E-state index contributed by atoms with van der Waals surface area (Å²) in [6.07, 6.45) is 2.45. The molecule has 4 rings (SSSR count). The van der Waals surface area contributed by atoms with Gasteiger partial charge in [0.25, 0.3) is 0 Å². The molecule has 1 N–H and O–H groups in total. The highest BCUT2D eigenvalue weighted by Gasteiger charge is 2.24. The average molecular weight is 503 g/mol. The minimum Gasteiger partial charge on any atom is -0.507 e. The summed E-state index contributed by atoms with van der Waals surface area (Å²) in [7, 11) is 3.04. The molecule has 0 amide bonds. The Morgan fingerprint density at radius 1 is 1.00 bits per heavy atom. The number of hydrogen-bond donors (Lipinski definition) is 1. The van der Waals surface area contributed by atoms with Gasteiger partial charge < -0.3 is 28.5 Å². The van der Waals surface area contributed by atoms with Crippen molar-refractivity contribution in [2.75, 3.05) is 21.0 Å². The van der Waals surface area contributed by atoms with Crippen molar-refractivity contribution < 1.29 is 28.5 Å². The Morgan fingerprint density at radius 2 is 1.73 bits per heavy atom. The van der Waals surface area contributed by atoms with Gasteiger partial charge >= 0.3 is 0 Å². The van der Waals surface area contributed by atoms with Crippen LogP contribution in [0.4, 0.5) is 0 Å². The molecule has 0 radical (unpaired) electrons. The van der Waals surface area contributed by atoms with Crippen molar-refractivity contribution in [1.82, 2.24) is 0 Å². The minimum absolute atomic E-state index is 0.0209. The molecule has 37 heavy (non-hydrogen) atoms. The van der Waals surface area contributed by atoms with Crippen molar-refractivity contribution in [3.8, 4) is 34.3 Å². The lowest BCUT2D eigenvalue weighted by Crippen LogP contribution is -2.13. The first-order valence-corrected chi connectivity index (χ1v) is 11.8. The van der Waals surface area contributed by atoms with Gasteiger partial charge in [-0.2, -0.15) is 0 Å². The average Bonchev–Trinajstić information content (AvgIpc) is 2.91. The van der Waals surface area contributed by atoms with Crippen LogP contribution in [-0.4, -0.2) is 26.1 Å². The second-order valence-electron chi connectivity index (χ2n) is 8.71. The highest BCUT2D eigenvalue weighted by Crippen LogP contribution is 2.40. The molecule has 0 saturated heterocycles. The molecular formula is C30H30O7. The Hall–Kier alpha value is -4.23. The Kier molecular flexibility index (Phi) is 8.15. The lowest BCUT2D eigenvalue weighted by Gasteiger charge is -2.17. The van der Waals surface area contributed by atoms with Gasteiger partial charge in [-0.15, -0.1) is 0 Å². The number of phenolic OH excluding ortho intramolecular Hbond substituents is 1. The zero-order valence-electron chi connectivity index (χ0n) is 21.4. The van der Waals surface area contributed by atoms with E-state index in [4.69, 9.17) is 23.4 Å². The molecule has 4 aromatic rings. The van der Waals surface area contributed by atoms with Crippen molar-refractivity contribution >= 4 is 11.0 Å². The summed E-state index contributed by atoms with van der Waals surface area (Å²) < 4.78 is 28.5. The van der Waals surface area contributed by atoms with Crippen molar-refractivity contribution in [3.63, 3.8) is 0 Å². The molecule has 0 aliphatic rings. The maximum atomic E-state index is 13.7. The molecule has 0 bridgehead atoms. The van der Waals surface area contributed by atoms with Crippen molar-refractivity contribution in [2.24, 2.45) is 0 Å². The number of benzene rings is 3. The number of methoxy groups -OCH3 is 2. The van der Waals surface area contributed by atoms with E-state index in [0.717, 1.165) is 11.1 Å². The first-order valence-electron chi connectivity index (χ1n) is 11.8. The Balaban J connectivity index is 1.95. The first-order chi connectivity index (χ1) is 17.9. The van der Waals surface area contributed by atoms with Crippen LogP contribution in [0.25, 0.3) is 22.3 Å². The number of rotatable bonds is 10. The number of hydrogen-bond acceptors (Lipinski definition) is 7. The van der Waals surface area contributed by atoms with Crippen LogP contribution in [0.5, 0.6) is 23.0 Å². The van der Waals surface area contributed by atoms with E-state index < -0.39 is 5.43 Å². The number of allylic oxidation sites excluding steroid dienone is 2. The fourth-order valence-electron chi connectivity index (χ4n) is 3.90. The third-order valence-electron chi connectivity index (χ3n) is 5.79. The fourth-order valence-corrected chi connectivity index (χ4v) is 3.90. The molecule has 7 heteroatoms. The predicted octanol–water partition coefficient (Wildman–Crippen LogP) is 6.24. The second kappa shape index (κ2) is 11.7. The third-order valence-corrected chi connectivity index (χ3v) is 5.79. The highest BCUT2D eigenvalue weighted by molar-refractivity contribution is 5.91. The monoisotopic (exact) mass is 502 g/mol. The summed E-state index contributed by atoms with van der Waals surface area (Å²) in [4.78, 5) is 13.7. The van der Waals surface area contributed by atoms with E-state index >= 15 is 0 Å². The Morgan fingerprint density at radius 3 is 2.38 bits per heavy atom. The summed E-state index contributed by atoms with van der Waals surface area (Å²) in [5.41, 5.74) is 3.05. The van der Waals surface area contributed by atoms with Crippen LogP contribution < -0.4 is 19.6 Å². The molecule has 1 heterocycles. The summed E-state index contributed by atoms with van der Waals surface area (Å²) in [6.45, 7) is 4.10. The normalized spacial score (nSPS) is 10.8. The van der Waals surface area contributed by atoms with Gasteiger partial charge in [-0.1, -0.05) is 42.0 Å². The van der Waals surface area contributed by atoms with Crippen LogP contribution in [0.3, 0.4) is 0 Å². The van der Waals surface area contributed by atoms with Gasteiger partial charge in [0.15, 0.2) is 12.6 Å². The van der Waals surface area contributed by atoms with Gasteiger partial charge in [-0.3, -0.25) is 4.79 Å². The summed E-state index contributed by atoms with van der Waals surface area (Å²) in [5.74, 6) is 0.998. The van der Waals surface area contributed by atoms with E-state index in [1.807, 2.05) is 50.3 Å². The molecule has 0 spiro atoms. The minimum atomic E-state index is -0.505. The van der Waals surface area contributed by atoms with Crippen molar-refractivity contribution in [2.45, 2.75) is 26.9 Å². The number of aromatic hydroxyl groups is 1. The van der Waals surface area contributed by atoms with Crippen LogP contribution in [0.2, 0.25) is 0 Å². The topological polar surface area (TPSA) is 87.4 Å². The maximum Gasteiger partial charge on any atom is 0.239 e. The zero-order valence-corrected chi connectivity index (χ0v) is 21.4. The zero-order chi connectivity index (χ0) is 26.4. The second-order valence-corrected chi connectivity index (χ2v) is 8.71. The molecule has 0 atom stereocenters. The molecule has 192 valence electrons. The molecule has 0 saturated carbocycles. The number of phenols is 1. The molecule has 0 fully saturated rings. The van der Waals surface area contributed by atoms with E-state index in [2.05, 4.69) is 0 Å². The summed E-state index contributed by atoms with van der Waals surface area (Å²) in [5, 5.41) is 11.0. The largest absolute Gasteiger partial charge is 0.507 e. The van der Waals surface area contributed by atoms with Crippen molar-refractivity contribution in [1.29, 1.82) is 0 Å². The summed E-state index contributed by atoms with van der Waals surface area (Å²) >= 11 is 0. The molecule has 3 aromatic carbocycles. The molecule has 7 nitrogen and oxygen atoms in total.